The second-order valence-corrected chi connectivity index (χ2v) is 6.33. The summed E-state index contributed by atoms with van der Waals surface area (Å²) in [7, 11) is 0. The lowest BCUT2D eigenvalue weighted by Gasteiger charge is -2.13. The van der Waals surface area contributed by atoms with E-state index in [1.807, 2.05) is 6.08 Å². The third-order valence-electron chi connectivity index (χ3n) is 4.09. The van der Waals surface area contributed by atoms with Crippen LogP contribution in [0.4, 0.5) is 4.39 Å². The van der Waals surface area contributed by atoms with Gasteiger partial charge in [-0.1, -0.05) is 23.7 Å². The van der Waals surface area contributed by atoms with Gasteiger partial charge in [-0.25, -0.2) is 4.39 Å². The van der Waals surface area contributed by atoms with Crippen LogP contribution in [0.5, 0.6) is 5.75 Å². The molecule has 1 fully saturated rings. The van der Waals surface area contributed by atoms with Crippen molar-refractivity contribution in [1.82, 2.24) is 10.3 Å². The smallest absolute Gasteiger partial charge is 0.267 e. The topological polar surface area (TPSA) is 71.2 Å². The molecule has 2 N–H and O–H groups in total. The largest absolute Gasteiger partial charge is 0.491 e. The zero-order valence-electron chi connectivity index (χ0n) is 14.1. The predicted octanol–water partition coefficient (Wildman–Crippen LogP) is 3.28. The number of ether oxygens (including phenoxy) is 1. The molecule has 0 aliphatic carbocycles. The number of amides is 1. The fraction of sp³-hybridized carbons (Fsp3) is 0.263. The number of benzene rings is 1. The number of carbonyl (C=O) groups is 1. The molecule has 1 atom stereocenters. The zero-order valence-corrected chi connectivity index (χ0v) is 14.9. The van der Waals surface area contributed by atoms with Crippen LogP contribution in [0.1, 0.15) is 31.0 Å². The van der Waals surface area contributed by atoms with Crippen molar-refractivity contribution in [1.29, 1.82) is 0 Å². The first-order chi connectivity index (χ1) is 12.5. The van der Waals surface area contributed by atoms with Gasteiger partial charge in [0.15, 0.2) is 11.6 Å². The van der Waals surface area contributed by atoms with Gasteiger partial charge in [0, 0.05) is 23.7 Å². The van der Waals surface area contributed by atoms with E-state index in [2.05, 4.69) is 10.3 Å². The molecule has 0 unspecified atom stereocenters. The van der Waals surface area contributed by atoms with Crippen molar-refractivity contribution < 1.29 is 13.9 Å². The summed E-state index contributed by atoms with van der Waals surface area (Å²) in [6.45, 7) is 2.14. The third kappa shape index (κ3) is 3.96. The molecule has 2 heterocycles. The molecule has 0 bridgehead atoms. The molecule has 2 aromatic rings. The highest BCUT2D eigenvalue weighted by Gasteiger charge is 2.21. The molecule has 1 aliphatic heterocycles. The fourth-order valence-corrected chi connectivity index (χ4v) is 2.97. The number of hydrogen-bond acceptors (Lipinski definition) is 3. The quantitative estimate of drug-likeness (QED) is 0.841. The molecule has 0 radical (unpaired) electrons. The molecule has 1 saturated heterocycles. The minimum Gasteiger partial charge on any atom is -0.491 e. The van der Waals surface area contributed by atoms with Crippen LogP contribution in [0.3, 0.4) is 0 Å². The number of aromatic nitrogens is 1. The maximum Gasteiger partial charge on any atom is 0.267 e. The minimum atomic E-state index is -0.498. The van der Waals surface area contributed by atoms with E-state index in [0.717, 1.165) is 0 Å². The number of nitrogens with one attached hydrogen (secondary N) is 2. The Morgan fingerprint density at radius 1 is 1.35 bits per heavy atom. The van der Waals surface area contributed by atoms with Gasteiger partial charge < -0.3 is 15.0 Å². The maximum absolute atomic E-state index is 14.3. The highest BCUT2D eigenvalue weighted by atomic mass is 35.5. The Bertz CT molecular complexity index is 923. The zero-order chi connectivity index (χ0) is 18.7. The summed E-state index contributed by atoms with van der Waals surface area (Å²) in [6.07, 6.45) is 2.89. The lowest BCUT2D eigenvalue weighted by atomic mass is 9.98. The van der Waals surface area contributed by atoms with E-state index in [-0.39, 0.29) is 22.7 Å². The molecule has 5 nitrogen and oxygen atoms in total. The number of rotatable bonds is 5. The molecule has 136 valence electrons. The summed E-state index contributed by atoms with van der Waals surface area (Å²) in [5.74, 6) is -0.371. The normalized spacial score (nSPS) is 17.3. The average Bonchev–Trinajstić information content (AvgIpc) is 3.02. The SMILES string of the molecule is CCOc1ccc(/C(=C\[C@H]2CCC(=O)N2)c2ccc(Cl)c(=O)[nH]2)cc1F. The van der Waals surface area contributed by atoms with Gasteiger partial charge in [-0.15, -0.1) is 0 Å². The molecule has 1 aromatic carbocycles. The third-order valence-corrected chi connectivity index (χ3v) is 4.39. The van der Waals surface area contributed by atoms with E-state index in [1.165, 1.54) is 12.1 Å². The standard InChI is InChI=1S/C19H18ClFN2O3/c1-2-26-17-7-3-11(9-15(17)21)13(10-12-4-8-18(24)22-12)16-6-5-14(20)19(25)23-16/h3,5-7,9-10,12H,2,4,8H2,1H3,(H,22,24)(H,23,25)/b13-10+/t12-/m1/s1. The number of aromatic amines is 1. The van der Waals surface area contributed by atoms with Gasteiger partial charge >= 0.3 is 0 Å². The van der Waals surface area contributed by atoms with Crippen LogP contribution >= 0.6 is 11.6 Å². The first-order valence-corrected chi connectivity index (χ1v) is 8.69. The number of H-pyrrole nitrogens is 1. The molecule has 26 heavy (non-hydrogen) atoms. The average molecular weight is 377 g/mol. The molecule has 7 heteroatoms. The number of pyridine rings is 1. The van der Waals surface area contributed by atoms with E-state index in [4.69, 9.17) is 16.3 Å². The molecular formula is C19H18ClFN2O3. The van der Waals surface area contributed by atoms with E-state index >= 15 is 0 Å². The van der Waals surface area contributed by atoms with Gasteiger partial charge in [0.25, 0.3) is 5.56 Å². The van der Waals surface area contributed by atoms with Gasteiger partial charge in [-0.05, 0) is 43.2 Å². The molecule has 1 aliphatic rings. The van der Waals surface area contributed by atoms with Crippen molar-refractivity contribution in [2.45, 2.75) is 25.8 Å². The second kappa shape index (κ2) is 7.74. The van der Waals surface area contributed by atoms with Crippen molar-refractivity contribution in [3.63, 3.8) is 0 Å². The van der Waals surface area contributed by atoms with Crippen molar-refractivity contribution >= 4 is 23.1 Å². The molecule has 1 amide bonds. The van der Waals surface area contributed by atoms with Crippen molar-refractivity contribution in [3.05, 3.63) is 68.9 Å². The molecule has 0 spiro atoms. The summed E-state index contributed by atoms with van der Waals surface area (Å²) < 4.78 is 19.5. The lowest BCUT2D eigenvalue weighted by molar-refractivity contribution is -0.119. The van der Waals surface area contributed by atoms with Crippen LogP contribution in [0.15, 0.2) is 41.2 Å². The van der Waals surface area contributed by atoms with Gasteiger partial charge in [-0.2, -0.15) is 0 Å². The first-order valence-electron chi connectivity index (χ1n) is 8.31. The van der Waals surface area contributed by atoms with E-state index in [1.54, 1.807) is 25.1 Å². The molecule has 1 aromatic heterocycles. The summed E-state index contributed by atoms with van der Waals surface area (Å²) in [5.41, 5.74) is 1.22. The number of hydrogen-bond donors (Lipinski definition) is 2. The minimum absolute atomic E-state index is 0.0342. The van der Waals surface area contributed by atoms with Gasteiger partial charge in [-0.3, -0.25) is 9.59 Å². The van der Waals surface area contributed by atoms with Gasteiger partial charge in [0.1, 0.15) is 5.02 Å². The van der Waals surface area contributed by atoms with E-state index in [0.29, 0.717) is 36.3 Å². The maximum atomic E-state index is 14.3. The van der Waals surface area contributed by atoms with Crippen molar-refractivity contribution in [2.24, 2.45) is 0 Å². The van der Waals surface area contributed by atoms with Gasteiger partial charge in [0.05, 0.1) is 6.61 Å². The summed E-state index contributed by atoms with van der Waals surface area (Å²) in [5, 5.41) is 2.91. The Morgan fingerprint density at radius 2 is 2.15 bits per heavy atom. The number of halogens is 2. The van der Waals surface area contributed by atoms with Crippen LogP contribution < -0.4 is 15.6 Å². The van der Waals surface area contributed by atoms with Crippen molar-refractivity contribution in [3.8, 4) is 5.75 Å². The Kier molecular flexibility index (Phi) is 5.42. The van der Waals surface area contributed by atoms with Crippen LogP contribution in [0, 0.1) is 5.82 Å². The Morgan fingerprint density at radius 3 is 2.77 bits per heavy atom. The number of carbonyl (C=O) groups excluding carboxylic acids is 1. The highest BCUT2D eigenvalue weighted by Crippen LogP contribution is 2.28. The molecular weight excluding hydrogens is 359 g/mol. The van der Waals surface area contributed by atoms with E-state index < -0.39 is 11.4 Å². The van der Waals surface area contributed by atoms with Crippen LogP contribution in [-0.2, 0) is 4.79 Å². The van der Waals surface area contributed by atoms with Crippen molar-refractivity contribution in [2.75, 3.05) is 6.61 Å². The Hall–Kier alpha value is -2.60. The van der Waals surface area contributed by atoms with Gasteiger partial charge in [0.2, 0.25) is 5.91 Å². The van der Waals surface area contributed by atoms with Crippen LogP contribution in [-0.4, -0.2) is 23.5 Å². The molecule has 3 rings (SSSR count). The van der Waals surface area contributed by atoms with Crippen LogP contribution in [0.25, 0.3) is 5.57 Å². The Labute approximate surface area is 154 Å². The lowest BCUT2D eigenvalue weighted by Crippen LogP contribution is -2.23. The van der Waals surface area contributed by atoms with E-state index in [9.17, 15) is 14.0 Å². The Balaban J connectivity index is 2.06. The predicted molar refractivity (Wildman–Crippen MR) is 97.9 cm³/mol. The van der Waals surface area contributed by atoms with Crippen LogP contribution in [0.2, 0.25) is 5.02 Å². The monoisotopic (exact) mass is 376 g/mol. The summed E-state index contributed by atoms with van der Waals surface area (Å²) >= 11 is 5.80. The summed E-state index contributed by atoms with van der Waals surface area (Å²) in [4.78, 5) is 26.1. The first kappa shape index (κ1) is 18.2. The second-order valence-electron chi connectivity index (χ2n) is 5.92. The summed E-state index contributed by atoms with van der Waals surface area (Å²) in [6, 6.07) is 7.56. The highest BCUT2D eigenvalue weighted by molar-refractivity contribution is 6.30. The fourth-order valence-electron chi connectivity index (χ4n) is 2.86. The molecule has 0 saturated carbocycles.